The Kier molecular flexibility index (Phi) is 3.18. The number of sulfone groups is 1. The van der Waals surface area contributed by atoms with Gasteiger partial charge in [0.25, 0.3) is 11.8 Å². The third-order valence-corrected chi connectivity index (χ3v) is 4.07. The van der Waals surface area contributed by atoms with Crippen molar-refractivity contribution in [2.24, 2.45) is 5.73 Å². The van der Waals surface area contributed by atoms with Crippen LogP contribution in [0.4, 0.5) is 0 Å². The molecule has 0 radical (unpaired) electrons. The molecule has 0 bridgehead atoms. The number of nitrogens with zero attached hydrogens (tertiary/aromatic N) is 1. The summed E-state index contributed by atoms with van der Waals surface area (Å²) in [5, 5.41) is 0. The number of benzene rings is 1. The van der Waals surface area contributed by atoms with Crippen LogP contribution in [0.5, 0.6) is 0 Å². The summed E-state index contributed by atoms with van der Waals surface area (Å²) in [5.74, 6) is -1.71. The monoisotopic (exact) mass is 268 g/mol. The molecule has 0 saturated heterocycles. The van der Waals surface area contributed by atoms with E-state index < -0.39 is 27.5 Å². The molecule has 18 heavy (non-hydrogen) atoms. The van der Waals surface area contributed by atoms with Gasteiger partial charge in [0.2, 0.25) is 0 Å². The number of imide groups is 1. The molecule has 7 heteroatoms. The first kappa shape index (κ1) is 12.7. The molecule has 1 aromatic rings. The predicted molar refractivity (Wildman–Crippen MR) is 64.7 cm³/mol. The number of carbonyl (C=O) groups excluding carboxylic acids is 2. The molecule has 0 spiro atoms. The van der Waals surface area contributed by atoms with E-state index in [1.54, 1.807) is 24.3 Å². The third-order valence-electron chi connectivity index (χ3n) is 2.76. The van der Waals surface area contributed by atoms with Crippen molar-refractivity contribution in [1.29, 1.82) is 0 Å². The van der Waals surface area contributed by atoms with Gasteiger partial charge in [0.15, 0.2) is 9.84 Å². The molecule has 0 unspecified atom stereocenters. The molecule has 1 aliphatic rings. The highest BCUT2D eigenvalue weighted by Crippen LogP contribution is 2.22. The minimum atomic E-state index is -3.41. The van der Waals surface area contributed by atoms with E-state index in [0.717, 1.165) is 4.90 Å². The van der Waals surface area contributed by atoms with Crippen molar-refractivity contribution in [3.8, 4) is 0 Å². The zero-order valence-corrected chi connectivity index (χ0v) is 10.3. The van der Waals surface area contributed by atoms with Gasteiger partial charge < -0.3 is 5.73 Å². The van der Waals surface area contributed by atoms with E-state index in [9.17, 15) is 18.0 Å². The van der Waals surface area contributed by atoms with Gasteiger partial charge in [-0.05, 0) is 12.1 Å². The average molecular weight is 268 g/mol. The fourth-order valence-electron chi connectivity index (χ4n) is 1.76. The Balaban J connectivity index is 2.19. The minimum absolute atomic E-state index is 0.161. The first-order chi connectivity index (χ1) is 8.46. The molecule has 0 aliphatic carbocycles. The molecule has 0 atom stereocenters. The summed E-state index contributed by atoms with van der Waals surface area (Å²) in [5.41, 5.74) is 5.69. The van der Waals surface area contributed by atoms with E-state index in [1.165, 1.54) is 0 Å². The number of hydrogen-bond donors (Lipinski definition) is 1. The van der Waals surface area contributed by atoms with Gasteiger partial charge in [0.05, 0.1) is 22.8 Å². The molecule has 6 nitrogen and oxygen atoms in total. The molecule has 0 fully saturated rings. The van der Waals surface area contributed by atoms with Crippen molar-refractivity contribution in [1.82, 2.24) is 4.90 Å². The van der Waals surface area contributed by atoms with Gasteiger partial charge in [-0.2, -0.15) is 0 Å². The SMILES string of the molecule is NCS(=O)(=O)CCN1C(=O)c2ccccc2C1=O. The Morgan fingerprint density at radius 2 is 1.56 bits per heavy atom. The summed E-state index contributed by atoms with van der Waals surface area (Å²) in [6, 6.07) is 6.41. The summed E-state index contributed by atoms with van der Waals surface area (Å²) in [4.78, 5) is 24.7. The quantitative estimate of drug-likeness (QED) is 0.750. The van der Waals surface area contributed by atoms with Crippen LogP contribution in [-0.4, -0.2) is 43.3 Å². The van der Waals surface area contributed by atoms with Gasteiger partial charge in [-0.1, -0.05) is 12.1 Å². The van der Waals surface area contributed by atoms with E-state index >= 15 is 0 Å². The molecular weight excluding hydrogens is 256 g/mol. The summed E-state index contributed by atoms with van der Waals surface area (Å²) in [7, 11) is -3.41. The molecule has 1 aromatic carbocycles. The highest BCUT2D eigenvalue weighted by molar-refractivity contribution is 7.91. The second-order valence-electron chi connectivity index (χ2n) is 3.92. The van der Waals surface area contributed by atoms with Crippen LogP contribution in [0.1, 0.15) is 20.7 Å². The standard InChI is InChI=1S/C11H12N2O4S/c12-7-18(16,17)6-5-13-10(14)8-3-1-2-4-9(8)11(13)15/h1-4H,5-7,12H2. The lowest BCUT2D eigenvalue weighted by Gasteiger charge is -2.13. The van der Waals surface area contributed by atoms with Crippen LogP contribution in [0, 0.1) is 0 Å². The minimum Gasteiger partial charge on any atom is -0.318 e. The van der Waals surface area contributed by atoms with Crippen LogP contribution in [0.15, 0.2) is 24.3 Å². The summed E-state index contributed by atoms with van der Waals surface area (Å²) in [6.45, 7) is -0.161. The Bertz CT molecular complexity index is 574. The van der Waals surface area contributed by atoms with E-state index in [2.05, 4.69) is 0 Å². The van der Waals surface area contributed by atoms with Crippen molar-refractivity contribution in [3.63, 3.8) is 0 Å². The van der Waals surface area contributed by atoms with Crippen molar-refractivity contribution in [2.45, 2.75) is 0 Å². The van der Waals surface area contributed by atoms with Crippen molar-refractivity contribution in [3.05, 3.63) is 35.4 Å². The number of fused-ring (bicyclic) bond motifs is 1. The summed E-state index contributed by atoms with van der Waals surface area (Å²) in [6.07, 6.45) is 0. The maximum absolute atomic E-state index is 11.9. The van der Waals surface area contributed by atoms with Gasteiger partial charge >= 0.3 is 0 Å². The zero-order chi connectivity index (χ0) is 13.3. The van der Waals surface area contributed by atoms with Crippen LogP contribution in [0.3, 0.4) is 0 Å². The molecule has 1 aliphatic heterocycles. The lowest BCUT2D eigenvalue weighted by atomic mass is 10.1. The largest absolute Gasteiger partial charge is 0.318 e. The highest BCUT2D eigenvalue weighted by atomic mass is 32.2. The number of nitrogens with two attached hydrogens (primary N) is 1. The van der Waals surface area contributed by atoms with Gasteiger partial charge in [-0.3, -0.25) is 14.5 Å². The van der Waals surface area contributed by atoms with Gasteiger partial charge in [-0.15, -0.1) is 0 Å². The predicted octanol–water partition coefficient (Wildman–Crippen LogP) is -0.386. The Morgan fingerprint density at radius 1 is 1.06 bits per heavy atom. The van der Waals surface area contributed by atoms with Crippen LogP contribution in [-0.2, 0) is 9.84 Å². The van der Waals surface area contributed by atoms with Crippen molar-refractivity contribution >= 4 is 21.7 Å². The lowest BCUT2D eigenvalue weighted by molar-refractivity contribution is 0.0664. The molecule has 1 heterocycles. The Labute approximate surface area is 104 Å². The maximum atomic E-state index is 11.9. The lowest BCUT2D eigenvalue weighted by Crippen LogP contribution is -2.35. The van der Waals surface area contributed by atoms with Crippen LogP contribution >= 0.6 is 0 Å². The molecule has 2 amide bonds. The summed E-state index contributed by atoms with van der Waals surface area (Å²) >= 11 is 0. The van der Waals surface area contributed by atoms with Crippen LogP contribution in [0.25, 0.3) is 0 Å². The van der Waals surface area contributed by atoms with E-state index in [4.69, 9.17) is 5.73 Å². The third kappa shape index (κ3) is 2.14. The summed E-state index contributed by atoms with van der Waals surface area (Å²) < 4.78 is 22.5. The Morgan fingerprint density at radius 3 is 2.00 bits per heavy atom. The molecular formula is C11H12N2O4S. The fraction of sp³-hybridized carbons (Fsp3) is 0.273. The molecule has 96 valence electrons. The highest BCUT2D eigenvalue weighted by Gasteiger charge is 2.35. The maximum Gasteiger partial charge on any atom is 0.261 e. The first-order valence-electron chi connectivity index (χ1n) is 5.32. The van der Waals surface area contributed by atoms with Gasteiger partial charge in [0.1, 0.15) is 0 Å². The number of amides is 2. The first-order valence-corrected chi connectivity index (χ1v) is 7.14. The number of rotatable bonds is 4. The average Bonchev–Trinajstić information content (AvgIpc) is 2.61. The topological polar surface area (TPSA) is 97.5 Å². The van der Waals surface area contributed by atoms with Crippen LogP contribution in [0.2, 0.25) is 0 Å². The molecule has 2 N–H and O–H groups in total. The second-order valence-corrected chi connectivity index (χ2v) is 6.15. The Hall–Kier alpha value is -1.73. The van der Waals surface area contributed by atoms with E-state index in [-0.39, 0.29) is 12.3 Å². The van der Waals surface area contributed by atoms with Gasteiger partial charge in [0, 0.05) is 6.54 Å². The normalized spacial score (nSPS) is 15.1. The fourth-order valence-corrected chi connectivity index (χ4v) is 2.38. The van der Waals surface area contributed by atoms with Crippen molar-refractivity contribution < 1.29 is 18.0 Å². The van der Waals surface area contributed by atoms with E-state index in [0.29, 0.717) is 11.1 Å². The molecule has 2 rings (SSSR count). The molecule has 0 aromatic heterocycles. The number of hydrogen-bond acceptors (Lipinski definition) is 5. The zero-order valence-electron chi connectivity index (χ0n) is 9.50. The number of carbonyl (C=O) groups is 2. The molecule has 0 saturated carbocycles. The van der Waals surface area contributed by atoms with Crippen LogP contribution < -0.4 is 5.73 Å². The second kappa shape index (κ2) is 4.51. The van der Waals surface area contributed by atoms with Crippen molar-refractivity contribution in [2.75, 3.05) is 18.2 Å². The smallest absolute Gasteiger partial charge is 0.261 e. The van der Waals surface area contributed by atoms with E-state index in [1.807, 2.05) is 0 Å². The van der Waals surface area contributed by atoms with Gasteiger partial charge in [-0.25, -0.2) is 8.42 Å².